The highest BCUT2D eigenvalue weighted by molar-refractivity contribution is 7.92. The van der Waals surface area contributed by atoms with E-state index in [1.165, 1.54) is 28.6 Å². The molecule has 0 aromatic heterocycles. The second-order valence-corrected chi connectivity index (χ2v) is 9.07. The van der Waals surface area contributed by atoms with Gasteiger partial charge in [0.05, 0.1) is 16.1 Å². The number of sulfonamides is 1. The Morgan fingerprint density at radius 3 is 2.30 bits per heavy atom. The summed E-state index contributed by atoms with van der Waals surface area (Å²) in [6.07, 6.45) is 0. The van der Waals surface area contributed by atoms with Crippen LogP contribution in [0.15, 0.2) is 59.5 Å². The van der Waals surface area contributed by atoms with Gasteiger partial charge in [0.15, 0.2) is 6.61 Å². The predicted octanol–water partition coefficient (Wildman–Crippen LogP) is 3.22. The van der Waals surface area contributed by atoms with E-state index in [2.05, 4.69) is 5.32 Å². The Hall–Kier alpha value is -2.87. The van der Waals surface area contributed by atoms with Crippen molar-refractivity contribution in [2.75, 3.05) is 17.5 Å². The van der Waals surface area contributed by atoms with Crippen LogP contribution in [0.4, 0.5) is 5.69 Å². The van der Waals surface area contributed by atoms with E-state index < -0.39 is 28.5 Å². The molecule has 2 aromatic rings. The third kappa shape index (κ3) is 5.82. The van der Waals surface area contributed by atoms with Crippen LogP contribution in [0, 0.1) is 5.92 Å². The van der Waals surface area contributed by atoms with Gasteiger partial charge in [0.1, 0.15) is 0 Å². The van der Waals surface area contributed by atoms with Gasteiger partial charge in [0.2, 0.25) is 0 Å². The van der Waals surface area contributed by atoms with Crippen LogP contribution in [0.25, 0.3) is 0 Å². The predicted molar refractivity (Wildman–Crippen MR) is 116 cm³/mol. The first kappa shape index (κ1) is 23.4. The Morgan fingerprint density at radius 2 is 1.70 bits per heavy atom. The number of amides is 1. The Bertz CT molecular complexity index is 974. The molecule has 0 aliphatic carbocycles. The number of anilines is 1. The molecule has 7 nitrogen and oxygen atoms in total. The number of nitrogens with zero attached hydrogens (tertiary/aromatic N) is 1. The molecule has 8 heteroatoms. The van der Waals surface area contributed by atoms with Crippen LogP contribution < -0.4 is 9.62 Å². The number of hydrogen-bond donors (Lipinski definition) is 1. The smallest absolute Gasteiger partial charge is 0.338 e. The fraction of sp³-hybridized carbons (Fsp3) is 0.364. The van der Waals surface area contributed by atoms with Gasteiger partial charge in [0, 0.05) is 12.6 Å². The van der Waals surface area contributed by atoms with Crippen molar-refractivity contribution in [2.24, 2.45) is 5.92 Å². The van der Waals surface area contributed by atoms with Crippen molar-refractivity contribution < 1.29 is 22.7 Å². The number of ether oxygens (including phenoxy) is 1. The summed E-state index contributed by atoms with van der Waals surface area (Å²) in [5.41, 5.74) is 0.592. The number of esters is 1. The maximum Gasteiger partial charge on any atom is 0.338 e. The fourth-order valence-corrected chi connectivity index (χ4v) is 4.19. The van der Waals surface area contributed by atoms with Gasteiger partial charge in [-0.3, -0.25) is 9.10 Å². The van der Waals surface area contributed by atoms with Gasteiger partial charge >= 0.3 is 5.97 Å². The number of carbonyl (C=O) groups is 2. The van der Waals surface area contributed by atoms with Crippen LogP contribution in [0.2, 0.25) is 0 Å². The van der Waals surface area contributed by atoms with Crippen molar-refractivity contribution in [1.82, 2.24) is 5.32 Å². The van der Waals surface area contributed by atoms with Crippen LogP contribution >= 0.6 is 0 Å². The van der Waals surface area contributed by atoms with Crippen molar-refractivity contribution in [3.05, 3.63) is 60.2 Å². The molecule has 30 heavy (non-hydrogen) atoms. The molecular weight excluding hydrogens is 404 g/mol. The molecule has 2 rings (SSSR count). The van der Waals surface area contributed by atoms with Crippen molar-refractivity contribution >= 4 is 27.6 Å². The molecule has 0 aliphatic rings. The normalized spacial score (nSPS) is 12.3. The van der Waals surface area contributed by atoms with E-state index in [1.54, 1.807) is 37.3 Å². The first-order valence-electron chi connectivity index (χ1n) is 9.81. The molecule has 162 valence electrons. The lowest BCUT2D eigenvalue weighted by Gasteiger charge is -2.23. The maximum absolute atomic E-state index is 13.1. The van der Waals surface area contributed by atoms with Crippen molar-refractivity contribution in [3.8, 4) is 0 Å². The summed E-state index contributed by atoms with van der Waals surface area (Å²) in [7, 11) is -3.87. The molecule has 0 fully saturated rings. The Balaban J connectivity index is 2.15. The van der Waals surface area contributed by atoms with E-state index in [0.29, 0.717) is 5.69 Å². The molecule has 0 saturated carbocycles. The number of nitrogens with one attached hydrogen (secondary N) is 1. The summed E-state index contributed by atoms with van der Waals surface area (Å²) in [6.45, 7) is 7.34. The van der Waals surface area contributed by atoms with Crippen molar-refractivity contribution in [1.29, 1.82) is 0 Å². The van der Waals surface area contributed by atoms with E-state index in [-0.39, 0.29) is 29.0 Å². The Labute approximate surface area is 178 Å². The van der Waals surface area contributed by atoms with E-state index >= 15 is 0 Å². The molecule has 0 radical (unpaired) electrons. The van der Waals surface area contributed by atoms with E-state index in [1.807, 2.05) is 20.8 Å². The van der Waals surface area contributed by atoms with E-state index in [4.69, 9.17) is 4.74 Å². The molecule has 0 saturated heterocycles. The quantitative estimate of drug-likeness (QED) is 0.614. The molecule has 1 atom stereocenters. The maximum atomic E-state index is 13.1. The standard InChI is InChI=1S/C22H28N2O5S/c1-5-24(19-11-7-6-8-12-19)30(27,28)20-13-9-10-18(14-20)22(26)29-15-21(25)23-17(4)16(2)3/h6-14,16-17H,5,15H2,1-4H3,(H,23,25). The van der Waals surface area contributed by atoms with Gasteiger partial charge in [-0.15, -0.1) is 0 Å². The number of para-hydroxylation sites is 1. The first-order valence-corrected chi connectivity index (χ1v) is 11.2. The molecule has 1 N–H and O–H groups in total. The summed E-state index contributed by atoms with van der Waals surface area (Å²) in [4.78, 5) is 24.2. The third-order valence-electron chi connectivity index (χ3n) is 4.71. The lowest BCUT2D eigenvalue weighted by Crippen LogP contribution is -2.38. The van der Waals surface area contributed by atoms with Crippen molar-refractivity contribution in [2.45, 2.75) is 38.6 Å². The zero-order chi connectivity index (χ0) is 22.3. The summed E-state index contributed by atoms with van der Waals surface area (Å²) in [5, 5.41) is 2.74. The average molecular weight is 433 g/mol. The van der Waals surface area contributed by atoms with Gasteiger partial charge in [-0.25, -0.2) is 13.2 Å². The number of benzene rings is 2. The lowest BCUT2D eigenvalue weighted by atomic mass is 10.1. The monoisotopic (exact) mass is 432 g/mol. The number of carbonyl (C=O) groups excluding carboxylic acids is 2. The van der Waals surface area contributed by atoms with E-state index in [9.17, 15) is 18.0 Å². The highest BCUT2D eigenvalue weighted by Crippen LogP contribution is 2.24. The topological polar surface area (TPSA) is 92.8 Å². The van der Waals surface area contributed by atoms with Gasteiger partial charge in [-0.2, -0.15) is 0 Å². The zero-order valence-corrected chi connectivity index (χ0v) is 18.5. The Kier molecular flexibility index (Phi) is 8.00. The van der Waals surface area contributed by atoms with Crippen LogP contribution in [0.5, 0.6) is 0 Å². The second kappa shape index (κ2) is 10.2. The minimum atomic E-state index is -3.87. The summed E-state index contributed by atoms with van der Waals surface area (Å²) in [5.74, 6) is -0.922. The molecule has 2 aromatic carbocycles. The number of rotatable bonds is 9. The van der Waals surface area contributed by atoms with E-state index in [0.717, 1.165) is 0 Å². The molecule has 1 amide bonds. The summed E-state index contributed by atoms with van der Waals surface area (Å²) in [6, 6.07) is 14.3. The minimum absolute atomic E-state index is 0.0273. The van der Waals surface area contributed by atoms with Gasteiger partial charge in [0.25, 0.3) is 15.9 Å². The van der Waals surface area contributed by atoms with Crippen molar-refractivity contribution in [3.63, 3.8) is 0 Å². The van der Waals surface area contributed by atoms with Crippen LogP contribution in [-0.4, -0.2) is 39.5 Å². The summed E-state index contributed by atoms with van der Waals surface area (Å²) < 4.78 is 32.5. The van der Waals surface area contributed by atoms with Crippen LogP contribution in [0.1, 0.15) is 38.1 Å². The molecule has 0 bridgehead atoms. The summed E-state index contributed by atoms with van der Waals surface area (Å²) >= 11 is 0. The van der Waals surface area contributed by atoms with Crippen LogP contribution in [0.3, 0.4) is 0 Å². The highest BCUT2D eigenvalue weighted by Gasteiger charge is 2.25. The van der Waals surface area contributed by atoms with Crippen LogP contribution in [-0.2, 0) is 19.6 Å². The van der Waals surface area contributed by atoms with Gasteiger partial charge in [-0.1, -0.05) is 38.1 Å². The molecule has 0 heterocycles. The SMILES string of the molecule is CCN(c1ccccc1)S(=O)(=O)c1cccc(C(=O)OCC(=O)NC(C)C(C)C)c1. The largest absolute Gasteiger partial charge is 0.452 e. The zero-order valence-electron chi connectivity index (χ0n) is 17.7. The fourth-order valence-electron chi connectivity index (χ4n) is 2.67. The molecular formula is C22H28N2O5S. The number of hydrogen-bond acceptors (Lipinski definition) is 5. The molecule has 0 aliphatic heterocycles. The van der Waals surface area contributed by atoms with Gasteiger partial charge < -0.3 is 10.1 Å². The minimum Gasteiger partial charge on any atom is -0.452 e. The van der Waals surface area contributed by atoms with Gasteiger partial charge in [-0.05, 0) is 50.1 Å². The lowest BCUT2D eigenvalue weighted by molar-refractivity contribution is -0.125. The highest BCUT2D eigenvalue weighted by atomic mass is 32.2. The molecule has 0 spiro atoms. The third-order valence-corrected chi connectivity index (χ3v) is 6.61. The first-order chi connectivity index (χ1) is 14.2. The second-order valence-electron chi connectivity index (χ2n) is 7.21. The Morgan fingerprint density at radius 1 is 1.03 bits per heavy atom. The molecule has 1 unspecified atom stereocenters. The average Bonchev–Trinajstić information content (AvgIpc) is 2.73.